The number of nitrogens with zero attached hydrogens (tertiary/aromatic N) is 1. The zero-order valence-electron chi connectivity index (χ0n) is 34.8. The number of ether oxygens (including phenoxy) is 2. The number of amides is 1. The summed E-state index contributed by atoms with van der Waals surface area (Å²) in [5.41, 5.74) is 7.60. The molecule has 1 fully saturated rings. The quantitative estimate of drug-likeness (QED) is 0.0637. The van der Waals surface area contributed by atoms with Gasteiger partial charge in [-0.1, -0.05) is 121 Å². The highest BCUT2D eigenvalue weighted by Gasteiger charge is 2.33. The third-order valence-corrected chi connectivity index (χ3v) is 12.5. The molecule has 5 unspecified atom stereocenters. The number of carbonyl (C=O) groups excluding carboxylic acids is 1. The standard InChI is InChI=1S/C50H53N3O8S/c1-34-17-23-45(24-18-34)62(58,59)52-46(26-35-9-4-3-5-10-35)49(57)51-30-37-11-6-12-39(25-37)40-13-7-15-42(27-40)50-60-44(29-48(61-50)38-21-19-36(33-54)20-22-38)31-53(2)32-47(56)41-14-8-16-43(55)28-41/h3-25,27-28,44,46-48,50,52,54-56H,26,29-33H2,1-2H3,(H,51,57). The second-order valence-electron chi connectivity index (χ2n) is 15.9. The maximum absolute atomic E-state index is 13.7. The normalized spacial score (nSPS) is 17.7. The number of aromatic hydroxyl groups is 1. The van der Waals surface area contributed by atoms with Gasteiger partial charge in [0.05, 0.1) is 29.8 Å². The predicted octanol–water partition coefficient (Wildman–Crippen LogP) is 7.28. The van der Waals surface area contributed by atoms with Gasteiger partial charge in [0.1, 0.15) is 11.8 Å². The van der Waals surface area contributed by atoms with Crippen molar-refractivity contribution in [3.63, 3.8) is 0 Å². The molecule has 1 amide bonds. The Balaban J connectivity index is 1.06. The second-order valence-corrected chi connectivity index (χ2v) is 17.6. The SMILES string of the molecule is Cc1ccc(S(=O)(=O)NC(Cc2ccccc2)C(=O)NCc2cccc(-c3cccc(C4OC(CN(C)CC(O)c5cccc(O)c5)CC(c5ccc(CO)cc5)O4)c3)c2)cc1. The molecule has 62 heavy (non-hydrogen) atoms. The van der Waals surface area contributed by atoms with E-state index in [0.29, 0.717) is 25.1 Å². The number of sulfonamides is 1. The van der Waals surface area contributed by atoms with Crippen LogP contribution in [-0.2, 0) is 43.9 Å². The lowest BCUT2D eigenvalue weighted by atomic mass is 9.98. The number of aryl methyl sites for hydroxylation is 1. The summed E-state index contributed by atoms with van der Waals surface area (Å²) in [6, 6.07) is 44.9. The lowest BCUT2D eigenvalue weighted by Gasteiger charge is -2.38. The Bertz CT molecular complexity index is 2520. The Morgan fingerprint density at radius 3 is 2.19 bits per heavy atom. The van der Waals surface area contributed by atoms with Crippen LogP contribution in [-0.4, -0.2) is 66.8 Å². The fraction of sp³-hybridized carbons (Fsp3) is 0.260. The van der Waals surface area contributed by atoms with E-state index in [4.69, 9.17) is 9.47 Å². The van der Waals surface area contributed by atoms with Gasteiger partial charge in [-0.2, -0.15) is 4.72 Å². The summed E-state index contributed by atoms with van der Waals surface area (Å²) in [4.78, 5) is 15.8. The Labute approximate surface area is 363 Å². The number of carbonyl (C=O) groups is 1. The lowest BCUT2D eigenvalue weighted by Crippen LogP contribution is -2.47. The maximum atomic E-state index is 13.7. The number of hydrogen-bond donors (Lipinski definition) is 5. The molecule has 5 atom stereocenters. The van der Waals surface area contributed by atoms with Crippen LogP contribution in [0.25, 0.3) is 11.1 Å². The van der Waals surface area contributed by atoms with Gasteiger partial charge in [-0.3, -0.25) is 4.79 Å². The van der Waals surface area contributed by atoms with Crippen molar-refractivity contribution < 1.29 is 38.0 Å². The van der Waals surface area contributed by atoms with Crippen LogP contribution in [0.1, 0.15) is 63.9 Å². The van der Waals surface area contributed by atoms with E-state index < -0.39 is 34.4 Å². The maximum Gasteiger partial charge on any atom is 0.241 e. The molecule has 6 aromatic carbocycles. The van der Waals surface area contributed by atoms with Gasteiger partial charge in [0.2, 0.25) is 15.9 Å². The van der Waals surface area contributed by atoms with Crippen LogP contribution < -0.4 is 10.0 Å². The Morgan fingerprint density at radius 2 is 1.47 bits per heavy atom. The van der Waals surface area contributed by atoms with E-state index in [1.54, 1.807) is 36.4 Å². The molecule has 322 valence electrons. The third-order valence-electron chi connectivity index (χ3n) is 11.0. The van der Waals surface area contributed by atoms with Crippen LogP contribution >= 0.6 is 0 Å². The Kier molecular flexibility index (Phi) is 14.6. The van der Waals surface area contributed by atoms with Gasteiger partial charge in [-0.25, -0.2) is 8.42 Å². The molecule has 0 aromatic heterocycles. The van der Waals surface area contributed by atoms with Gasteiger partial charge >= 0.3 is 0 Å². The van der Waals surface area contributed by atoms with Crippen LogP contribution in [0, 0.1) is 6.92 Å². The van der Waals surface area contributed by atoms with Crippen molar-refractivity contribution in [2.45, 2.75) is 68.5 Å². The van der Waals surface area contributed by atoms with Crippen molar-refractivity contribution in [3.05, 3.63) is 191 Å². The van der Waals surface area contributed by atoms with Crippen LogP contribution in [0.4, 0.5) is 0 Å². The van der Waals surface area contributed by atoms with Gasteiger partial charge in [-0.15, -0.1) is 0 Å². The lowest BCUT2D eigenvalue weighted by molar-refractivity contribution is -0.252. The van der Waals surface area contributed by atoms with E-state index in [9.17, 15) is 28.5 Å². The summed E-state index contributed by atoms with van der Waals surface area (Å²) in [7, 11) is -2.07. The highest BCUT2D eigenvalue weighted by atomic mass is 32.2. The zero-order chi connectivity index (χ0) is 43.6. The molecule has 6 aromatic rings. The number of aliphatic hydroxyl groups excluding tert-OH is 2. The van der Waals surface area contributed by atoms with E-state index in [-0.39, 0.29) is 42.4 Å². The van der Waals surface area contributed by atoms with E-state index in [1.165, 1.54) is 12.1 Å². The molecule has 0 radical (unpaired) electrons. The average molecular weight is 856 g/mol. The van der Waals surface area contributed by atoms with Crippen LogP contribution in [0.15, 0.2) is 157 Å². The molecule has 5 N–H and O–H groups in total. The van der Waals surface area contributed by atoms with E-state index >= 15 is 0 Å². The highest BCUT2D eigenvalue weighted by molar-refractivity contribution is 7.89. The molecule has 12 heteroatoms. The summed E-state index contributed by atoms with van der Waals surface area (Å²) < 4.78 is 42.7. The molecule has 1 heterocycles. The molecule has 0 bridgehead atoms. The van der Waals surface area contributed by atoms with E-state index in [1.807, 2.05) is 122 Å². The summed E-state index contributed by atoms with van der Waals surface area (Å²) in [6.45, 7) is 2.83. The first kappa shape index (κ1) is 44.4. The first-order valence-electron chi connectivity index (χ1n) is 20.7. The first-order valence-corrected chi connectivity index (χ1v) is 22.2. The summed E-state index contributed by atoms with van der Waals surface area (Å²) in [6.07, 6.45) is -1.36. The molecular weight excluding hydrogens is 803 g/mol. The zero-order valence-corrected chi connectivity index (χ0v) is 35.6. The van der Waals surface area contributed by atoms with Crippen molar-refractivity contribution in [1.29, 1.82) is 0 Å². The fourth-order valence-electron chi connectivity index (χ4n) is 7.64. The fourth-order valence-corrected chi connectivity index (χ4v) is 8.83. The minimum absolute atomic E-state index is 0.0579. The molecule has 1 aliphatic heterocycles. The number of phenols is 1. The summed E-state index contributed by atoms with van der Waals surface area (Å²) in [5, 5.41) is 33.5. The highest BCUT2D eigenvalue weighted by Crippen LogP contribution is 2.39. The molecule has 0 saturated carbocycles. The van der Waals surface area contributed by atoms with Crippen molar-refractivity contribution in [3.8, 4) is 16.9 Å². The number of rotatable bonds is 17. The van der Waals surface area contributed by atoms with Gasteiger partial charge in [0.15, 0.2) is 6.29 Å². The average Bonchev–Trinajstić information content (AvgIpc) is 3.28. The van der Waals surface area contributed by atoms with Crippen LogP contribution in [0.3, 0.4) is 0 Å². The molecule has 11 nitrogen and oxygen atoms in total. The number of aliphatic hydroxyl groups is 2. The number of phenolic OH excluding ortho intramolecular Hbond substituents is 1. The van der Waals surface area contributed by atoms with E-state index in [0.717, 1.165) is 44.5 Å². The topological polar surface area (TPSA) is 158 Å². The van der Waals surface area contributed by atoms with Crippen molar-refractivity contribution in [2.75, 3.05) is 20.1 Å². The van der Waals surface area contributed by atoms with Crippen LogP contribution in [0.2, 0.25) is 0 Å². The monoisotopic (exact) mass is 855 g/mol. The number of nitrogens with one attached hydrogen (secondary N) is 2. The van der Waals surface area contributed by atoms with Crippen molar-refractivity contribution in [2.24, 2.45) is 0 Å². The Morgan fingerprint density at radius 1 is 0.774 bits per heavy atom. The van der Waals surface area contributed by atoms with Crippen LogP contribution in [0.5, 0.6) is 5.75 Å². The largest absolute Gasteiger partial charge is 0.508 e. The van der Waals surface area contributed by atoms with Gasteiger partial charge in [0.25, 0.3) is 0 Å². The smallest absolute Gasteiger partial charge is 0.241 e. The summed E-state index contributed by atoms with van der Waals surface area (Å²) >= 11 is 0. The minimum atomic E-state index is -3.99. The van der Waals surface area contributed by atoms with E-state index in [2.05, 4.69) is 10.0 Å². The molecule has 0 aliphatic carbocycles. The molecular formula is C50H53N3O8S. The molecule has 1 saturated heterocycles. The number of benzene rings is 6. The molecule has 1 aliphatic rings. The number of hydrogen-bond acceptors (Lipinski definition) is 9. The second kappa shape index (κ2) is 20.4. The molecule has 7 rings (SSSR count). The van der Waals surface area contributed by atoms with Crippen molar-refractivity contribution in [1.82, 2.24) is 14.9 Å². The van der Waals surface area contributed by atoms with Crippen molar-refractivity contribution >= 4 is 15.9 Å². The van der Waals surface area contributed by atoms with Gasteiger partial charge in [0, 0.05) is 31.6 Å². The Hall–Kier alpha value is -5.70. The first-order chi connectivity index (χ1) is 29.9. The third kappa shape index (κ3) is 11.8. The molecule has 0 spiro atoms. The summed E-state index contributed by atoms with van der Waals surface area (Å²) in [5.74, 6) is -0.348. The van der Waals surface area contributed by atoms with Gasteiger partial charge in [-0.05, 0) is 95.7 Å². The number of likely N-dealkylation sites (N-methyl/N-ethyl adjacent to an activating group) is 1. The minimum Gasteiger partial charge on any atom is -0.508 e. The van der Waals surface area contributed by atoms with Gasteiger partial charge < -0.3 is 35.0 Å². The predicted molar refractivity (Wildman–Crippen MR) is 238 cm³/mol.